The van der Waals surface area contributed by atoms with Crippen molar-refractivity contribution in [3.05, 3.63) is 52.5 Å². The van der Waals surface area contributed by atoms with Crippen molar-refractivity contribution in [1.29, 1.82) is 0 Å². The number of halogens is 1. The predicted molar refractivity (Wildman–Crippen MR) is 83.9 cm³/mol. The maximum atomic E-state index is 5.88. The van der Waals surface area contributed by atoms with Gasteiger partial charge in [-0.05, 0) is 58.7 Å². The molecule has 0 unspecified atom stereocenters. The maximum absolute atomic E-state index is 5.88. The van der Waals surface area contributed by atoms with Gasteiger partial charge in [0.05, 0.1) is 7.11 Å². The van der Waals surface area contributed by atoms with Crippen molar-refractivity contribution in [2.24, 2.45) is 5.73 Å². The summed E-state index contributed by atoms with van der Waals surface area (Å²) in [4.78, 5) is 2.31. The lowest BCUT2D eigenvalue weighted by Crippen LogP contribution is -2.04. The van der Waals surface area contributed by atoms with E-state index in [1.54, 1.807) is 18.9 Å². The molecule has 2 rings (SSSR count). The van der Waals surface area contributed by atoms with Crippen LogP contribution in [0.2, 0.25) is 0 Å². The summed E-state index contributed by atoms with van der Waals surface area (Å²) in [6.45, 7) is 1.98. The summed E-state index contributed by atoms with van der Waals surface area (Å²) in [5.41, 5.74) is 7.01. The van der Waals surface area contributed by atoms with Gasteiger partial charge in [0.2, 0.25) is 0 Å². The lowest BCUT2D eigenvalue weighted by Gasteiger charge is -2.10. The van der Waals surface area contributed by atoms with E-state index < -0.39 is 0 Å². The highest BCUT2D eigenvalue weighted by atomic mass is 79.9. The fraction of sp³-hybridized carbons (Fsp3) is 0.200. The third-order valence-corrected chi connectivity index (χ3v) is 4.73. The second kappa shape index (κ2) is 6.46. The monoisotopic (exact) mass is 337 g/mol. The van der Waals surface area contributed by atoms with E-state index in [4.69, 9.17) is 10.5 Å². The summed E-state index contributed by atoms with van der Waals surface area (Å²) in [5.74, 6) is 0.869. The van der Waals surface area contributed by atoms with Gasteiger partial charge in [-0.15, -0.1) is 0 Å². The Morgan fingerprint density at radius 1 is 1.21 bits per heavy atom. The van der Waals surface area contributed by atoms with E-state index >= 15 is 0 Å². The Balaban J connectivity index is 2.23. The molecule has 0 aliphatic rings. The molecule has 0 fully saturated rings. The summed E-state index contributed by atoms with van der Waals surface area (Å²) in [6.07, 6.45) is 0. The fourth-order valence-corrected chi connectivity index (χ4v) is 3.18. The summed E-state index contributed by atoms with van der Waals surface area (Å²) in [6, 6.07) is 14.3. The fourth-order valence-electron chi connectivity index (χ4n) is 1.67. The Bertz CT molecular complexity index is 572. The van der Waals surface area contributed by atoms with E-state index in [0.717, 1.165) is 25.6 Å². The summed E-state index contributed by atoms with van der Waals surface area (Å²) in [7, 11) is 1.68. The van der Waals surface area contributed by atoms with Gasteiger partial charge in [-0.1, -0.05) is 23.9 Å². The molecule has 2 nitrogen and oxygen atoms in total. The van der Waals surface area contributed by atoms with E-state index in [1.807, 2.05) is 25.1 Å². The van der Waals surface area contributed by atoms with Crippen LogP contribution >= 0.6 is 27.7 Å². The molecule has 1 atom stereocenters. The number of benzene rings is 2. The van der Waals surface area contributed by atoms with Crippen molar-refractivity contribution in [2.45, 2.75) is 22.8 Å². The van der Waals surface area contributed by atoms with Gasteiger partial charge in [0.25, 0.3) is 0 Å². The predicted octanol–water partition coefficient (Wildman–Crippen LogP) is 4.63. The van der Waals surface area contributed by atoms with Gasteiger partial charge in [0.1, 0.15) is 5.75 Å². The summed E-state index contributed by atoms with van der Waals surface area (Å²) >= 11 is 5.30. The molecule has 0 bridgehead atoms. The number of rotatable bonds is 4. The van der Waals surface area contributed by atoms with Gasteiger partial charge in [0, 0.05) is 20.3 Å². The van der Waals surface area contributed by atoms with Gasteiger partial charge in [-0.2, -0.15) is 0 Å². The lowest BCUT2D eigenvalue weighted by molar-refractivity contribution is 0.413. The average molecular weight is 338 g/mol. The standard InChI is InChI=1S/C15H16BrNOS/c1-10(17)11-6-7-15(14(16)8-11)19-13-5-3-4-12(9-13)18-2/h3-10H,17H2,1-2H3/t10-/m1/s1. The van der Waals surface area contributed by atoms with Crippen molar-refractivity contribution in [2.75, 3.05) is 7.11 Å². The lowest BCUT2D eigenvalue weighted by atomic mass is 10.1. The molecule has 0 saturated carbocycles. The zero-order chi connectivity index (χ0) is 13.8. The van der Waals surface area contributed by atoms with Crippen molar-refractivity contribution in [1.82, 2.24) is 0 Å². The molecule has 0 saturated heterocycles. The minimum absolute atomic E-state index is 0.0483. The van der Waals surface area contributed by atoms with Crippen LogP contribution in [0, 0.1) is 0 Å². The molecule has 0 aliphatic heterocycles. The van der Waals surface area contributed by atoms with Gasteiger partial charge in [0.15, 0.2) is 0 Å². The third kappa shape index (κ3) is 3.75. The van der Waals surface area contributed by atoms with Crippen molar-refractivity contribution < 1.29 is 4.74 Å². The van der Waals surface area contributed by atoms with E-state index in [1.165, 1.54) is 0 Å². The molecule has 0 aromatic heterocycles. The van der Waals surface area contributed by atoms with Crippen LogP contribution in [0.3, 0.4) is 0 Å². The highest BCUT2D eigenvalue weighted by molar-refractivity contribution is 9.10. The first-order valence-corrected chi connectivity index (χ1v) is 7.58. The minimum atomic E-state index is 0.0483. The van der Waals surface area contributed by atoms with E-state index in [9.17, 15) is 0 Å². The SMILES string of the molecule is COc1cccc(Sc2ccc([C@@H](C)N)cc2Br)c1. The van der Waals surface area contributed by atoms with Crippen molar-refractivity contribution >= 4 is 27.7 Å². The molecule has 0 heterocycles. The minimum Gasteiger partial charge on any atom is -0.497 e. The molecule has 0 spiro atoms. The highest BCUT2D eigenvalue weighted by Gasteiger charge is 2.06. The first-order chi connectivity index (χ1) is 9.10. The Morgan fingerprint density at radius 2 is 2.00 bits per heavy atom. The number of nitrogens with two attached hydrogens (primary N) is 1. The zero-order valence-electron chi connectivity index (χ0n) is 10.9. The number of ether oxygens (including phenoxy) is 1. The molecular weight excluding hydrogens is 322 g/mol. The van der Waals surface area contributed by atoms with Gasteiger partial charge >= 0.3 is 0 Å². The average Bonchev–Trinajstić information content (AvgIpc) is 2.41. The van der Waals surface area contributed by atoms with Gasteiger partial charge in [-0.3, -0.25) is 0 Å². The molecule has 100 valence electrons. The smallest absolute Gasteiger partial charge is 0.119 e. The molecular formula is C15H16BrNOS. The van der Waals surface area contributed by atoms with Crippen molar-refractivity contribution in [3.63, 3.8) is 0 Å². The van der Waals surface area contributed by atoms with Crippen LogP contribution in [0.5, 0.6) is 5.75 Å². The number of hydrogen-bond acceptors (Lipinski definition) is 3. The molecule has 2 N–H and O–H groups in total. The summed E-state index contributed by atoms with van der Waals surface area (Å²) < 4.78 is 6.30. The molecule has 4 heteroatoms. The third-order valence-electron chi connectivity index (χ3n) is 2.75. The zero-order valence-corrected chi connectivity index (χ0v) is 13.3. The van der Waals surface area contributed by atoms with Crippen LogP contribution < -0.4 is 10.5 Å². The van der Waals surface area contributed by atoms with Crippen LogP contribution in [-0.4, -0.2) is 7.11 Å². The van der Waals surface area contributed by atoms with Crippen LogP contribution in [-0.2, 0) is 0 Å². The quantitative estimate of drug-likeness (QED) is 0.883. The maximum Gasteiger partial charge on any atom is 0.119 e. The van der Waals surface area contributed by atoms with Gasteiger partial charge < -0.3 is 10.5 Å². The Hall–Kier alpha value is -0.970. The Morgan fingerprint density at radius 3 is 2.63 bits per heavy atom. The topological polar surface area (TPSA) is 35.2 Å². The van der Waals surface area contributed by atoms with E-state index in [-0.39, 0.29) is 6.04 Å². The number of hydrogen-bond donors (Lipinski definition) is 1. The molecule has 2 aromatic carbocycles. The van der Waals surface area contributed by atoms with Crippen molar-refractivity contribution in [3.8, 4) is 5.75 Å². The van der Waals surface area contributed by atoms with Gasteiger partial charge in [-0.25, -0.2) is 0 Å². The Labute approximate surface area is 126 Å². The molecule has 0 aliphatic carbocycles. The first kappa shape index (κ1) is 14.4. The molecule has 0 radical (unpaired) electrons. The normalized spacial score (nSPS) is 12.2. The van der Waals surface area contributed by atoms with Crippen LogP contribution in [0.4, 0.5) is 0 Å². The highest BCUT2D eigenvalue weighted by Crippen LogP contribution is 2.35. The van der Waals surface area contributed by atoms with Crippen LogP contribution in [0.25, 0.3) is 0 Å². The first-order valence-electron chi connectivity index (χ1n) is 5.97. The second-order valence-electron chi connectivity index (χ2n) is 4.26. The second-order valence-corrected chi connectivity index (χ2v) is 6.23. The van der Waals surface area contributed by atoms with Crippen LogP contribution in [0.1, 0.15) is 18.5 Å². The molecule has 19 heavy (non-hydrogen) atoms. The van der Waals surface area contributed by atoms with E-state index in [0.29, 0.717) is 0 Å². The number of methoxy groups -OCH3 is 1. The van der Waals surface area contributed by atoms with Crippen LogP contribution in [0.15, 0.2) is 56.7 Å². The van der Waals surface area contributed by atoms with E-state index in [2.05, 4.69) is 40.2 Å². The molecule has 0 amide bonds. The Kier molecular flexibility index (Phi) is 4.91. The summed E-state index contributed by atoms with van der Waals surface area (Å²) in [5, 5.41) is 0. The molecule has 2 aromatic rings. The largest absolute Gasteiger partial charge is 0.497 e.